The second-order valence-corrected chi connectivity index (χ2v) is 8.72. The Morgan fingerprint density at radius 1 is 1.26 bits per heavy atom. The topological polar surface area (TPSA) is 44.4 Å². The van der Waals surface area contributed by atoms with Crippen molar-refractivity contribution in [1.29, 1.82) is 0 Å². The van der Waals surface area contributed by atoms with Crippen molar-refractivity contribution in [2.45, 2.75) is 23.8 Å². The van der Waals surface area contributed by atoms with Gasteiger partial charge in [0.15, 0.2) is 0 Å². The molecule has 1 aliphatic rings. The van der Waals surface area contributed by atoms with Crippen LogP contribution in [0.25, 0.3) is 0 Å². The number of nitrogens with zero attached hydrogens (tertiary/aromatic N) is 1. The van der Waals surface area contributed by atoms with Gasteiger partial charge in [-0.05, 0) is 25.1 Å². The fraction of sp³-hybridized carbons (Fsp3) is 0.286. The Hall–Kier alpha value is -1.86. The molecule has 1 saturated heterocycles. The van der Waals surface area contributed by atoms with Crippen LogP contribution in [0.2, 0.25) is 0 Å². The van der Waals surface area contributed by atoms with Crippen molar-refractivity contribution in [1.82, 2.24) is 14.9 Å². The first kappa shape index (κ1) is 19.9. The summed E-state index contributed by atoms with van der Waals surface area (Å²) in [5.74, 6) is 0. The molecule has 2 aromatic rings. The summed E-state index contributed by atoms with van der Waals surface area (Å²) in [7, 11) is 0.385. The van der Waals surface area contributed by atoms with Gasteiger partial charge in [0.25, 0.3) is 0 Å². The summed E-state index contributed by atoms with van der Waals surface area (Å²) in [5, 5.41) is 6.75. The maximum Gasteiger partial charge on any atom is 0.147 e. The van der Waals surface area contributed by atoms with Crippen molar-refractivity contribution in [2.75, 3.05) is 13.7 Å². The van der Waals surface area contributed by atoms with Gasteiger partial charge in [-0.2, -0.15) is 0 Å². The molecule has 1 fully saturated rings. The van der Waals surface area contributed by atoms with Crippen LogP contribution in [-0.2, 0) is 21.4 Å². The van der Waals surface area contributed by atoms with Crippen molar-refractivity contribution in [3.8, 4) is 0 Å². The molecule has 0 spiro atoms. The van der Waals surface area contributed by atoms with Gasteiger partial charge in [0.1, 0.15) is 20.8 Å². The predicted molar refractivity (Wildman–Crippen MR) is 116 cm³/mol. The van der Waals surface area contributed by atoms with E-state index in [-0.39, 0.29) is 0 Å². The SMILES string of the molecule is C=CCC(NC)(c1ccccc1)S(=O)N1CNC(C)(c2ccccc2)C1=S. The molecule has 4 nitrogen and oxygen atoms in total. The second-order valence-electron chi connectivity index (χ2n) is 6.69. The number of rotatable bonds is 7. The van der Waals surface area contributed by atoms with Gasteiger partial charge in [0.2, 0.25) is 0 Å². The number of hydrogen-bond donors (Lipinski definition) is 2. The third kappa shape index (κ3) is 3.38. The molecule has 3 unspecified atom stereocenters. The summed E-state index contributed by atoms with van der Waals surface area (Å²) in [4.78, 5) is -0.164. The molecule has 142 valence electrons. The minimum atomic E-state index is -1.45. The Balaban J connectivity index is 1.98. The largest absolute Gasteiger partial charge is 0.298 e. The fourth-order valence-corrected chi connectivity index (χ4v) is 5.60. The molecule has 2 aromatic carbocycles. The van der Waals surface area contributed by atoms with E-state index in [0.29, 0.717) is 18.1 Å². The average Bonchev–Trinajstić information content (AvgIpc) is 3.03. The molecule has 0 radical (unpaired) electrons. The van der Waals surface area contributed by atoms with Gasteiger partial charge >= 0.3 is 0 Å². The average molecular weight is 400 g/mol. The van der Waals surface area contributed by atoms with E-state index >= 15 is 0 Å². The van der Waals surface area contributed by atoms with Crippen LogP contribution in [0.1, 0.15) is 24.5 Å². The zero-order valence-electron chi connectivity index (χ0n) is 15.6. The molecule has 2 N–H and O–H groups in total. The molecule has 0 amide bonds. The molecule has 6 heteroatoms. The smallest absolute Gasteiger partial charge is 0.147 e. The highest BCUT2D eigenvalue weighted by atomic mass is 32.2. The van der Waals surface area contributed by atoms with E-state index in [1.807, 2.05) is 74.6 Å². The van der Waals surface area contributed by atoms with Crippen molar-refractivity contribution in [3.05, 3.63) is 84.4 Å². The first-order chi connectivity index (χ1) is 13.0. The third-order valence-corrected chi connectivity index (χ3v) is 7.81. The van der Waals surface area contributed by atoms with Gasteiger partial charge in [-0.25, -0.2) is 4.21 Å². The highest BCUT2D eigenvalue weighted by Gasteiger charge is 2.48. The Labute approximate surface area is 169 Å². The number of benzene rings is 2. The lowest BCUT2D eigenvalue weighted by Gasteiger charge is -2.36. The molecule has 1 heterocycles. The lowest BCUT2D eigenvalue weighted by molar-refractivity contribution is 0.474. The Morgan fingerprint density at radius 3 is 2.41 bits per heavy atom. The molecular weight excluding hydrogens is 374 g/mol. The molecular formula is C21H25N3OS2. The van der Waals surface area contributed by atoms with E-state index in [9.17, 15) is 4.21 Å². The molecule has 3 rings (SSSR count). The van der Waals surface area contributed by atoms with Crippen LogP contribution in [-0.4, -0.2) is 27.2 Å². The van der Waals surface area contributed by atoms with E-state index in [0.717, 1.165) is 11.1 Å². The van der Waals surface area contributed by atoms with Crippen LogP contribution >= 0.6 is 12.2 Å². The van der Waals surface area contributed by atoms with Crippen LogP contribution in [0.15, 0.2) is 73.3 Å². The second kappa shape index (κ2) is 8.02. The van der Waals surface area contributed by atoms with Crippen molar-refractivity contribution >= 4 is 28.2 Å². The summed E-state index contributed by atoms with van der Waals surface area (Å²) < 4.78 is 15.6. The summed E-state index contributed by atoms with van der Waals surface area (Å²) >= 11 is 5.80. The first-order valence-corrected chi connectivity index (χ1v) is 10.4. The van der Waals surface area contributed by atoms with Crippen LogP contribution in [0.3, 0.4) is 0 Å². The van der Waals surface area contributed by atoms with E-state index in [2.05, 4.69) is 17.2 Å². The monoisotopic (exact) mass is 399 g/mol. The lowest BCUT2D eigenvalue weighted by atomic mass is 9.93. The zero-order valence-corrected chi connectivity index (χ0v) is 17.3. The molecule has 0 aliphatic carbocycles. The van der Waals surface area contributed by atoms with E-state index < -0.39 is 21.4 Å². The quantitative estimate of drug-likeness (QED) is 0.553. The molecule has 27 heavy (non-hydrogen) atoms. The zero-order chi connectivity index (χ0) is 19.5. The number of hydrogen-bond acceptors (Lipinski definition) is 4. The summed E-state index contributed by atoms with van der Waals surface area (Å²) in [5.41, 5.74) is 1.48. The van der Waals surface area contributed by atoms with Gasteiger partial charge < -0.3 is 0 Å². The number of nitrogens with one attached hydrogen (secondary N) is 2. The highest BCUT2D eigenvalue weighted by molar-refractivity contribution is 7.87. The van der Waals surface area contributed by atoms with Crippen LogP contribution in [0, 0.1) is 0 Å². The minimum Gasteiger partial charge on any atom is -0.298 e. The van der Waals surface area contributed by atoms with Crippen LogP contribution in [0.5, 0.6) is 0 Å². The standard InChI is InChI=1S/C21H25N3OS2/c1-4-15-21(22-3,18-13-9-6-10-14-18)27(25)24-16-23-20(2,19(24)26)17-11-7-5-8-12-17/h4-14,22-23H,1,15-16H2,2-3H3. The first-order valence-electron chi connectivity index (χ1n) is 8.89. The summed E-state index contributed by atoms with van der Waals surface area (Å²) in [6.07, 6.45) is 2.31. The maximum atomic E-state index is 13.8. The minimum absolute atomic E-state index is 0.421. The molecule has 0 aromatic heterocycles. The van der Waals surface area contributed by atoms with Crippen molar-refractivity contribution < 1.29 is 4.21 Å². The Kier molecular flexibility index (Phi) is 5.91. The summed E-state index contributed by atoms with van der Waals surface area (Å²) in [6.45, 7) is 6.34. The third-order valence-electron chi connectivity index (χ3n) is 5.16. The summed E-state index contributed by atoms with van der Waals surface area (Å²) in [6, 6.07) is 19.9. The van der Waals surface area contributed by atoms with Gasteiger partial charge in [-0.15, -0.1) is 6.58 Å². The Morgan fingerprint density at radius 2 is 1.85 bits per heavy atom. The van der Waals surface area contributed by atoms with Gasteiger partial charge in [-0.3, -0.25) is 14.9 Å². The Bertz CT molecular complexity index is 843. The number of thiocarbonyl (C=S) groups is 1. The van der Waals surface area contributed by atoms with Gasteiger partial charge in [0.05, 0.1) is 12.2 Å². The van der Waals surface area contributed by atoms with E-state index in [4.69, 9.17) is 12.2 Å². The maximum absolute atomic E-state index is 13.8. The van der Waals surface area contributed by atoms with Crippen molar-refractivity contribution in [3.63, 3.8) is 0 Å². The van der Waals surface area contributed by atoms with E-state index in [1.54, 1.807) is 10.4 Å². The lowest BCUT2D eigenvalue weighted by Crippen LogP contribution is -2.51. The molecule has 3 atom stereocenters. The van der Waals surface area contributed by atoms with E-state index in [1.165, 1.54) is 0 Å². The molecule has 0 saturated carbocycles. The molecule has 1 aliphatic heterocycles. The van der Waals surface area contributed by atoms with Crippen LogP contribution in [0.4, 0.5) is 0 Å². The fourth-order valence-electron chi connectivity index (χ4n) is 3.48. The van der Waals surface area contributed by atoms with Crippen molar-refractivity contribution in [2.24, 2.45) is 0 Å². The highest BCUT2D eigenvalue weighted by Crippen LogP contribution is 2.36. The van der Waals surface area contributed by atoms with Gasteiger partial charge in [-0.1, -0.05) is 79.0 Å². The van der Waals surface area contributed by atoms with Crippen LogP contribution < -0.4 is 10.6 Å². The normalized spacial score (nSPS) is 23.0. The van der Waals surface area contributed by atoms with Gasteiger partial charge in [0, 0.05) is 6.42 Å². The predicted octanol–water partition coefficient (Wildman–Crippen LogP) is 3.40. The molecule has 0 bridgehead atoms.